The number of hydrogen-bond acceptors (Lipinski definition) is 3. The average molecular weight is 185 g/mol. The van der Waals surface area contributed by atoms with Crippen molar-refractivity contribution in [2.24, 2.45) is 4.99 Å². The van der Waals surface area contributed by atoms with Gasteiger partial charge in [-0.15, -0.1) is 0 Å². The molecule has 1 atom stereocenters. The van der Waals surface area contributed by atoms with Crippen molar-refractivity contribution in [1.82, 2.24) is 0 Å². The Labute approximate surface area is 77.6 Å². The van der Waals surface area contributed by atoms with Gasteiger partial charge in [0.15, 0.2) is 5.90 Å². The van der Waals surface area contributed by atoms with Crippen molar-refractivity contribution in [3.8, 4) is 0 Å². The van der Waals surface area contributed by atoms with Crippen LogP contribution in [0.25, 0.3) is 0 Å². The monoisotopic (exact) mass is 185 g/mol. The highest BCUT2D eigenvalue weighted by Gasteiger charge is 2.18. The molecular formula is C9H15NO3. The molecule has 13 heavy (non-hydrogen) atoms. The first-order chi connectivity index (χ1) is 6.22. The summed E-state index contributed by atoms with van der Waals surface area (Å²) in [5.41, 5.74) is 0. The zero-order valence-corrected chi connectivity index (χ0v) is 7.82. The summed E-state index contributed by atoms with van der Waals surface area (Å²) in [6.45, 7) is 2.79. The van der Waals surface area contributed by atoms with E-state index >= 15 is 0 Å². The van der Waals surface area contributed by atoms with Gasteiger partial charge in [0.05, 0.1) is 13.0 Å². The lowest BCUT2D eigenvalue weighted by Gasteiger charge is -2.08. The molecule has 0 aromatic heterocycles. The van der Waals surface area contributed by atoms with E-state index in [1.807, 2.05) is 0 Å². The standard InChI is InChI=1S/C9H15NO3/c1-2-3-7-6-10-8(13-7)4-5-9(11)12/h7H,2-6H2,1H3,(H,11,12). The Morgan fingerprint density at radius 3 is 3.15 bits per heavy atom. The molecule has 1 N–H and O–H groups in total. The molecule has 0 aromatic carbocycles. The van der Waals surface area contributed by atoms with Crippen LogP contribution < -0.4 is 0 Å². The fourth-order valence-corrected chi connectivity index (χ4v) is 1.29. The van der Waals surface area contributed by atoms with Gasteiger partial charge in [0.1, 0.15) is 6.10 Å². The molecule has 0 spiro atoms. The Morgan fingerprint density at radius 2 is 2.54 bits per heavy atom. The third-order valence-electron chi connectivity index (χ3n) is 1.94. The van der Waals surface area contributed by atoms with Gasteiger partial charge in [0.2, 0.25) is 0 Å². The number of carboxylic acids is 1. The first-order valence-electron chi connectivity index (χ1n) is 4.64. The van der Waals surface area contributed by atoms with Gasteiger partial charge in [-0.1, -0.05) is 13.3 Å². The van der Waals surface area contributed by atoms with E-state index in [-0.39, 0.29) is 12.5 Å². The van der Waals surface area contributed by atoms with Gasteiger partial charge >= 0.3 is 5.97 Å². The van der Waals surface area contributed by atoms with E-state index in [0.717, 1.165) is 12.8 Å². The molecule has 1 rings (SSSR count). The summed E-state index contributed by atoms with van der Waals surface area (Å²) < 4.78 is 5.44. The van der Waals surface area contributed by atoms with Crippen molar-refractivity contribution in [3.63, 3.8) is 0 Å². The van der Waals surface area contributed by atoms with Crippen molar-refractivity contribution >= 4 is 11.9 Å². The number of rotatable bonds is 5. The van der Waals surface area contributed by atoms with Crippen LogP contribution in [0.1, 0.15) is 32.6 Å². The minimum atomic E-state index is -0.801. The van der Waals surface area contributed by atoms with Gasteiger partial charge in [0, 0.05) is 6.42 Å². The van der Waals surface area contributed by atoms with Gasteiger partial charge < -0.3 is 9.84 Å². The predicted octanol–water partition coefficient (Wildman–Crippen LogP) is 1.45. The third-order valence-corrected chi connectivity index (χ3v) is 1.94. The summed E-state index contributed by atoms with van der Waals surface area (Å²) in [5.74, 6) is -0.189. The molecule has 0 saturated heterocycles. The van der Waals surface area contributed by atoms with Crippen LogP contribution in [0.2, 0.25) is 0 Å². The molecule has 0 aromatic rings. The summed E-state index contributed by atoms with van der Waals surface area (Å²) in [4.78, 5) is 14.4. The smallest absolute Gasteiger partial charge is 0.303 e. The fourth-order valence-electron chi connectivity index (χ4n) is 1.29. The minimum absolute atomic E-state index is 0.109. The molecule has 1 heterocycles. The lowest BCUT2D eigenvalue weighted by Crippen LogP contribution is -2.13. The highest BCUT2D eigenvalue weighted by Crippen LogP contribution is 2.12. The van der Waals surface area contributed by atoms with Crippen LogP contribution >= 0.6 is 0 Å². The Hall–Kier alpha value is -1.06. The van der Waals surface area contributed by atoms with Crippen molar-refractivity contribution in [2.75, 3.05) is 6.54 Å². The summed E-state index contributed by atoms with van der Waals surface area (Å²) in [7, 11) is 0. The Bertz CT molecular complexity index is 213. The zero-order valence-electron chi connectivity index (χ0n) is 7.82. The van der Waals surface area contributed by atoms with Crippen molar-refractivity contribution in [1.29, 1.82) is 0 Å². The fraction of sp³-hybridized carbons (Fsp3) is 0.778. The number of aliphatic imine (C=N–C) groups is 1. The molecule has 0 amide bonds. The molecule has 1 aliphatic heterocycles. The molecule has 1 aliphatic rings. The van der Waals surface area contributed by atoms with Crippen LogP contribution in [0.3, 0.4) is 0 Å². The van der Waals surface area contributed by atoms with E-state index in [1.165, 1.54) is 0 Å². The molecule has 1 unspecified atom stereocenters. The number of hydrogen-bond donors (Lipinski definition) is 1. The predicted molar refractivity (Wildman–Crippen MR) is 49.0 cm³/mol. The van der Waals surface area contributed by atoms with Crippen LogP contribution in [0.15, 0.2) is 4.99 Å². The highest BCUT2D eigenvalue weighted by atomic mass is 16.5. The quantitative estimate of drug-likeness (QED) is 0.705. The third kappa shape index (κ3) is 3.44. The van der Waals surface area contributed by atoms with E-state index in [4.69, 9.17) is 9.84 Å². The highest BCUT2D eigenvalue weighted by molar-refractivity contribution is 5.81. The number of carbonyl (C=O) groups is 1. The van der Waals surface area contributed by atoms with E-state index in [1.54, 1.807) is 0 Å². The van der Waals surface area contributed by atoms with E-state index in [0.29, 0.717) is 18.9 Å². The van der Waals surface area contributed by atoms with Gasteiger partial charge in [-0.3, -0.25) is 9.79 Å². The lowest BCUT2D eigenvalue weighted by molar-refractivity contribution is -0.136. The maximum atomic E-state index is 10.3. The van der Waals surface area contributed by atoms with Crippen molar-refractivity contribution in [2.45, 2.75) is 38.7 Å². The van der Waals surface area contributed by atoms with Crippen LogP contribution in [-0.2, 0) is 9.53 Å². The first kappa shape index (κ1) is 10.0. The first-order valence-corrected chi connectivity index (χ1v) is 4.64. The van der Waals surface area contributed by atoms with E-state index in [9.17, 15) is 4.79 Å². The largest absolute Gasteiger partial charge is 0.481 e. The normalized spacial score (nSPS) is 21.0. The second kappa shape index (κ2) is 4.84. The molecule has 0 bridgehead atoms. The number of carboxylic acid groups (broad SMARTS) is 1. The summed E-state index contributed by atoms with van der Waals surface area (Å²) in [6, 6.07) is 0. The molecule has 0 saturated carbocycles. The molecule has 4 heteroatoms. The lowest BCUT2D eigenvalue weighted by atomic mass is 10.2. The van der Waals surface area contributed by atoms with E-state index < -0.39 is 5.97 Å². The minimum Gasteiger partial charge on any atom is -0.481 e. The van der Waals surface area contributed by atoms with Crippen LogP contribution in [0.5, 0.6) is 0 Å². The second-order valence-electron chi connectivity index (χ2n) is 3.16. The molecule has 74 valence electrons. The molecule has 0 radical (unpaired) electrons. The Balaban J connectivity index is 2.20. The topological polar surface area (TPSA) is 58.9 Å². The van der Waals surface area contributed by atoms with Gasteiger partial charge in [0.25, 0.3) is 0 Å². The molecule has 4 nitrogen and oxygen atoms in total. The van der Waals surface area contributed by atoms with Gasteiger partial charge in [-0.2, -0.15) is 0 Å². The SMILES string of the molecule is CCCC1CN=C(CCC(=O)O)O1. The van der Waals surface area contributed by atoms with Crippen LogP contribution in [-0.4, -0.2) is 29.6 Å². The molecule has 0 aliphatic carbocycles. The van der Waals surface area contributed by atoms with Gasteiger partial charge in [-0.25, -0.2) is 0 Å². The van der Waals surface area contributed by atoms with Crippen molar-refractivity contribution < 1.29 is 14.6 Å². The zero-order chi connectivity index (χ0) is 9.68. The number of nitrogens with zero attached hydrogens (tertiary/aromatic N) is 1. The van der Waals surface area contributed by atoms with E-state index in [2.05, 4.69) is 11.9 Å². The summed E-state index contributed by atoms with van der Waals surface area (Å²) in [6.07, 6.45) is 2.80. The maximum Gasteiger partial charge on any atom is 0.303 e. The molecular weight excluding hydrogens is 170 g/mol. The van der Waals surface area contributed by atoms with Crippen molar-refractivity contribution in [3.05, 3.63) is 0 Å². The summed E-state index contributed by atoms with van der Waals surface area (Å²) in [5, 5.41) is 8.43. The Morgan fingerprint density at radius 1 is 1.77 bits per heavy atom. The number of ether oxygens (including phenoxy) is 1. The van der Waals surface area contributed by atoms with Gasteiger partial charge in [-0.05, 0) is 6.42 Å². The average Bonchev–Trinajstić information content (AvgIpc) is 2.50. The second-order valence-corrected chi connectivity index (χ2v) is 3.16. The maximum absolute atomic E-state index is 10.3. The van der Waals surface area contributed by atoms with Crippen LogP contribution in [0.4, 0.5) is 0 Å². The Kier molecular flexibility index (Phi) is 3.73. The van der Waals surface area contributed by atoms with Crippen LogP contribution in [0, 0.1) is 0 Å². The number of aliphatic carboxylic acids is 1. The summed E-state index contributed by atoms with van der Waals surface area (Å²) >= 11 is 0. The molecule has 0 fully saturated rings.